The number of Topliss-reactive ketones (excluding diaryl/α,β-unsaturated/α-hetero) is 1. The number of hydrogen-bond acceptors (Lipinski definition) is 4. The molecule has 21 heavy (non-hydrogen) atoms. The van der Waals surface area contributed by atoms with Gasteiger partial charge in [0.15, 0.2) is 0 Å². The number of rotatable bonds is 2. The lowest BCUT2D eigenvalue weighted by Crippen LogP contribution is -2.15. The topological polar surface area (TPSA) is 52.6 Å². The van der Waals surface area contributed by atoms with Crippen LogP contribution in [0.25, 0.3) is 0 Å². The lowest BCUT2D eigenvalue weighted by atomic mass is 9.90. The highest BCUT2D eigenvalue weighted by molar-refractivity contribution is 5.79. The Labute approximate surface area is 125 Å². The molecule has 1 aromatic rings. The zero-order valence-corrected chi connectivity index (χ0v) is 12.7. The molecule has 1 aliphatic heterocycles. The van der Waals surface area contributed by atoms with E-state index in [0.717, 1.165) is 31.2 Å². The molecular weight excluding hydrogens is 268 g/mol. The number of methoxy groups -OCH3 is 1. The van der Waals surface area contributed by atoms with Gasteiger partial charge >= 0.3 is 5.97 Å². The van der Waals surface area contributed by atoms with Crippen LogP contribution in [0.2, 0.25) is 0 Å². The minimum atomic E-state index is -0.206. The van der Waals surface area contributed by atoms with Crippen molar-refractivity contribution in [2.45, 2.75) is 45.4 Å². The summed E-state index contributed by atoms with van der Waals surface area (Å²) in [4.78, 5) is 23.7. The number of hydrogen-bond donors (Lipinski definition) is 0. The molecule has 0 N–H and O–H groups in total. The number of ketones is 1. The highest BCUT2D eigenvalue weighted by Gasteiger charge is 2.20. The van der Waals surface area contributed by atoms with Gasteiger partial charge in [-0.2, -0.15) is 0 Å². The van der Waals surface area contributed by atoms with E-state index in [9.17, 15) is 9.59 Å². The van der Waals surface area contributed by atoms with Gasteiger partial charge in [-0.15, -0.1) is 0 Å². The molecule has 1 aliphatic rings. The number of carbonyl (C=O) groups excluding carboxylic acids is 2. The summed E-state index contributed by atoms with van der Waals surface area (Å²) in [5.74, 6) is 1.22. The van der Waals surface area contributed by atoms with Gasteiger partial charge in [0.2, 0.25) is 0 Å². The molecule has 0 saturated heterocycles. The van der Waals surface area contributed by atoms with Gasteiger partial charge in [-0.05, 0) is 49.9 Å². The highest BCUT2D eigenvalue weighted by atomic mass is 16.5. The number of fused-ring (bicyclic) bond motifs is 1. The first-order valence-electron chi connectivity index (χ1n) is 7.48. The molecule has 1 atom stereocenters. The molecule has 4 heteroatoms. The molecule has 1 unspecified atom stereocenters. The second kappa shape index (κ2) is 7.25. The lowest BCUT2D eigenvalue weighted by Gasteiger charge is -2.16. The number of carbonyl (C=O) groups is 2. The Balaban J connectivity index is 2.33. The molecule has 2 rings (SSSR count). The molecule has 0 fully saturated rings. The van der Waals surface area contributed by atoms with Crippen LogP contribution in [0.4, 0.5) is 0 Å². The summed E-state index contributed by atoms with van der Waals surface area (Å²) in [6.45, 7) is 1.64. The first kappa shape index (κ1) is 15.5. The Morgan fingerprint density at radius 3 is 2.81 bits per heavy atom. The van der Waals surface area contributed by atoms with Crippen molar-refractivity contribution in [2.75, 3.05) is 7.11 Å². The molecule has 1 aromatic carbocycles. The van der Waals surface area contributed by atoms with Crippen LogP contribution in [0.15, 0.2) is 18.2 Å². The zero-order valence-electron chi connectivity index (χ0n) is 12.7. The second-order valence-electron chi connectivity index (χ2n) is 5.56. The molecule has 1 heterocycles. The number of esters is 1. The summed E-state index contributed by atoms with van der Waals surface area (Å²) in [7, 11) is 1.60. The quantitative estimate of drug-likeness (QED) is 0.619. The third kappa shape index (κ3) is 4.31. The Morgan fingerprint density at radius 2 is 2.10 bits per heavy atom. The minimum absolute atomic E-state index is 0.0207. The molecule has 0 amide bonds. The number of benzene rings is 1. The summed E-state index contributed by atoms with van der Waals surface area (Å²) in [6.07, 6.45) is 4.62. The van der Waals surface area contributed by atoms with Crippen molar-refractivity contribution in [3.8, 4) is 11.5 Å². The molecule has 0 aromatic heterocycles. The normalized spacial score (nSPS) is 19.9. The molecule has 0 bridgehead atoms. The Morgan fingerprint density at radius 1 is 1.29 bits per heavy atom. The predicted octanol–water partition coefficient (Wildman–Crippen LogP) is 3.31. The van der Waals surface area contributed by atoms with Crippen molar-refractivity contribution in [2.24, 2.45) is 5.92 Å². The van der Waals surface area contributed by atoms with Crippen molar-refractivity contribution < 1.29 is 19.1 Å². The van der Waals surface area contributed by atoms with E-state index >= 15 is 0 Å². The van der Waals surface area contributed by atoms with E-state index in [0.29, 0.717) is 24.3 Å². The zero-order chi connectivity index (χ0) is 15.2. The highest BCUT2D eigenvalue weighted by Crippen LogP contribution is 2.29. The van der Waals surface area contributed by atoms with E-state index in [-0.39, 0.29) is 17.7 Å². The first-order valence-corrected chi connectivity index (χ1v) is 7.48. The van der Waals surface area contributed by atoms with Gasteiger partial charge in [-0.1, -0.05) is 12.8 Å². The summed E-state index contributed by atoms with van der Waals surface area (Å²) in [5.41, 5.74) is 0.866. The van der Waals surface area contributed by atoms with E-state index in [4.69, 9.17) is 9.47 Å². The van der Waals surface area contributed by atoms with Crippen molar-refractivity contribution in [3.63, 3.8) is 0 Å². The van der Waals surface area contributed by atoms with Crippen LogP contribution in [0, 0.1) is 5.92 Å². The summed E-state index contributed by atoms with van der Waals surface area (Å²) >= 11 is 0. The first-order chi connectivity index (χ1) is 10.1. The van der Waals surface area contributed by atoms with E-state index in [2.05, 4.69) is 0 Å². The third-order valence-corrected chi connectivity index (χ3v) is 3.97. The molecule has 0 spiro atoms. The Bertz CT molecular complexity index is 522. The average Bonchev–Trinajstić information content (AvgIpc) is 2.49. The number of ether oxygens (including phenoxy) is 2. The van der Waals surface area contributed by atoms with Gasteiger partial charge in [-0.3, -0.25) is 9.59 Å². The van der Waals surface area contributed by atoms with Crippen molar-refractivity contribution in [1.29, 1.82) is 0 Å². The molecule has 0 saturated carbocycles. The average molecular weight is 290 g/mol. The SMILES string of the molecule is COc1ccc2c(c1)CC(C(C)=O)CCCCCC(=O)O2. The Hall–Kier alpha value is -1.84. The maximum absolute atomic E-state index is 11.8. The monoisotopic (exact) mass is 290 g/mol. The lowest BCUT2D eigenvalue weighted by molar-refractivity contribution is -0.134. The fourth-order valence-corrected chi connectivity index (χ4v) is 2.67. The van der Waals surface area contributed by atoms with Crippen LogP contribution < -0.4 is 9.47 Å². The minimum Gasteiger partial charge on any atom is -0.497 e. The van der Waals surface area contributed by atoms with Crippen molar-refractivity contribution >= 4 is 11.8 Å². The fourth-order valence-electron chi connectivity index (χ4n) is 2.67. The van der Waals surface area contributed by atoms with Gasteiger partial charge in [0.25, 0.3) is 0 Å². The summed E-state index contributed by atoms with van der Waals surface area (Å²) in [5, 5.41) is 0. The van der Waals surface area contributed by atoms with E-state index in [1.54, 1.807) is 26.2 Å². The van der Waals surface area contributed by atoms with Crippen LogP contribution in [-0.4, -0.2) is 18.9 Å². The van der Waals surface area contributed by atoms with Gasteiger partial charge in [0, 0.05) is 12.3 Å². The van der Waals surface area contributed by atoms with E-state index in [1.807, 2.05) is 6.07 Å². The maximum atomic E-state index is 11.8. The molecule has 0 aliphatic carbocycles. The standard InChI is InChI=1S/C17H22O4/c1-12(18)13-6-4-3-5-7-17(19)21-16-9-8-15(20-2)11-14(16)10-13/h8-9,11,13H,3-7,10H2,1-2H3. The van der Waals surface area contributed by atoms with Crippen LogP contribution in [-0.2, 0) is 16.0 Å². The van der Waals surface area contributed by atoms with Gasteiger partial charge < -0.3 is 9.47 Å². The van der Waals surface area contributed by atoms with Crippen LogP contribution in [0.1, 0.15) is 44.6 Å². The van der Waals surface area contributed by atoms with Crippen molar-refractivity contribution in [3.05, 3.63) is 23.8 Å². The summed E-state index contributed by atoms with van der Waals surface area (Å²) in [6, 6.07) is 5.38. The van der Waals surface area contributed by atoms with Crippen LogP contribution >= 0.6 is 0 Å². The predicted molar refractivity (Wildman–Crippen MR) is 79.6 cm³/mol. The molecule has 4 nitrogen and oxygen atoms in total. The molecule has 114 valence electrons. The van der Waals surface area contributed by atoms with Gasteiger partial charge in [-0.25, -0.2) is 0 Å². The van der Waals surface area contributed by atoms with E-state index in [1.165, 1.54) is 0 Å². The Kier molecular flexibility index (Phi) is 5.37. The molecule has 0 radical (unpaired) electrons. The van der Waals surface area contributed by atoms with Gasteiger partial charge in [0.1, 0.15) is 17.3 Å². The van der Waals surface area contributed by atoms with Gasteiger partial charge in [0.05, 0.1) is 7.11 Å². The van der Waals surface area contributed by atoms with Crippen LogP contribution in [0.3, 0.4) is 0 Å². The van der Waals surface area contributed by atoms with Crippen molar-refractivity contribution in [1.82, 2.24) is 0 Å². The largest absolute Gasteiger partial charge is 0.497 e. The summed E-state index contributed by atoms with van der Waals surface area (Å²) < 4.78 is 10.7. The fraction of sp³-hybridized carbons (Fsp3) is 0.529. The second-order valence-corrected chi connectivity index (χ2v) is 5.56. The maximum Gasteiger partial charge on any atom is 0.311 e. The van der Waals surface area contributed by atoms with Crippen LogP contribution in [0.5, 0.6) is 11.5 Å². The molecular formula is C17H22O4. The third-order valence-electron chi connectivity index (χ3n) is 3.97. The smallest absolute Gasteiger partial charge is 0.311 e. The van der Waals surface area contributed by atoms with E-state index < -0.39 is 0 Å².